The Morgan fingerprint density at radius 3 is 2.38 bits per heavy atom. The normalized spacial score (nSPS) is 29.7. The lowest BCUT2D eigenvalue weighted by Gasteiger charge is -2.62. The number of nitrogens with zero attached hydrogens (tertiary/aromatic N) is 3. The lowest BCUT2D eigenvalue weighted by atomic mass is 9.45. The van der Waals surface area contributed by atoms with Gasteiger partial charge in [0, 0.05) is 31.1 Å². The topological polar surface area (TPSA) is 85.3 Å². The highest BCUT2D eigenvalue weighted by Gasteiger charge is 2.57. The molecule has 6 rings (SSSR count). The molecule has 2 bridgehead atoms. The summed E-state index contributed by atoms with van der Waals surface area (Å²) in [6.07, 6.45) is 2.20. The van der Waals surface area contributed by atoms with E-state index in [0.717, 1.165) is 36.1 Å². The average molecular weight is 619 g/mol. The number of fused-ring (bicyclic) bond motifs is 2. The van der Waals surface area contributed by atoms with Gasteiger partial charge < -0.3 is 20.2 Å². The maximum absolute atomic E-state index is 14.0. The first-order valence-electron chi connectivity index (χ1n) is 16.8. The van der Waals surface area contributed by atoms with Gasteiger partial charge in [-0.15, -0.1) is 0 Å². The van der Waals surface area contributed by atoms with Gasteiger partial charge in [-0.2, -0.15) is 5.06 Å². The van der Waals surface area contributed by atoms with E-state index in [1.54, 1.807) is 16.9 Å². The Morgan fingerprint density at radius 2 is 1.73 bits per heavy atom. The molecule has 2 amide bonds. The van der Waals surface area contributed by atoms with Gasteiger partial charge >= 0.3 is 0 Å². The summed E-state index contributed by atoms with van der Waals surface area (Å²) in [5.41, 5.74) is 3.96. The largest absolute Gasteiger partial charge is 0.393 e. The highest BCUT2D eigenvalue weighted by atomic mass is 16.7. The van der Waals surface area contributed by atoms with E-state index in [0.29, 0.717) is 41.8 Å². The summed E-state index contributed by atoms with van der Waals surface area (Å²) in [6, 6.07) is 15.5. The summed E-state index contributed by atoms with van der Waals surface area (Å²) < 4.78 is 0. The molecule has 0 unspecified atom stereocenters. The van der Waals surface area contributed by atoms with Crippen molar-refractivity contribution in [2.45, 2.75) is 84.7 Å². The molecule has 2 aromatic rings. The summed E-state index contributed by atoms with van der Waals surface area (Å²) in [5, 5.41) is 15.9. The molecule has 8 atom stereocenters. The van der Waals surface area contributed by atoms with Crippen molar-refractivity contribution in [3.8, 4) is 11.1 Å². The molecule has 3 saturated carbocycles. The van der Waals surface area contributed by atoms with Gasteiger partial charge in [-0.25, -0.2) is 0 Å². The second-order valence-electron chi connectivity index (χ2n) is 14.9. The van der Waals surface area contributed by atoms with Gasteiger partial charge in [0.15, 0.2) is 0 Å². The molecule has 1 aliphatic heterocycles. The summed E-state index contributed by atoms with van der Waals surface area (Å²) in [7, 11) is 5.93. The Labute approximate surface area is 270 Å². The highest BCUT2D eigenvalue weighted by molar-refractivity contribution is 5.95. The number of carbonyl (C=O) groups is 2. The zero-order valence-electron chi connectivity index (χ0n) is 28.5. The van der Waals surface area contributed by atoms with Gasteiger partial charge in [0.2, 0.25) is 5.91 Å². The Bertz CT molecular complexity index is 1360. The van der Waals surface area contributed by atoms with Crippen molar-refractivity contribution in [2.75, 3.05) is 34.2 Å². The smallest absolute Gasteiger partial charge is 0.253 e. The van der Waals surface area contributed by atoms with Gasteiger partial charge in [-0.3, -0.25) is 14.4 Å². The van der Waals surface area contributed by atoms with Crippen molar-refractivity contribution in [2.24, 2.45) is 29.1 Å². The third-order valence-corrected chi connectivity index (χ3v) is 11.2. The number of hydroxylamine groups is 2. The first-order valence-corrected chi connectivity index (χ1v) is 16.8. The minimum absolute atomic E-state index is 0.0115. The van der Waals surface area contributed by atoms with Crippen LogP contribution < -0.4 is 5.32 Å². The molecular formula is C37H54N4O4. The summed E-state index contributed by atoms with van der Waals surface area (Å²) >= 11 is 0. The quantitative estimate of drug-likeness (QED) is 0.366. The molecule has 2 aromatic carbocycles. The molecule has 8 heteroatoms. The standard InChI is InChI=1S/C37H54N4O4/c1-23-31-20-30(37(31,4)5)21-32(23)38-35(43)34-33(24(2)42)25(3)45-41(34)22-26-12-9-13-27(18-26)28-14-10-15-29(19-28)36(44)40(8)17-11-16-39(6)7/h9-10,12-15,18-19,23-25,30-34,42H,11,16-17,20-22H2,1-8H3,(H,38,43)/t23-,24-,25-,30+,31-,32-,33+,34-/m0/s1. The molecule has 246 valence electrons. The SMILES string of the molecule is C[C@@H]1[C@@H](NC(=O)[C@@H]2[C@H]([C@H](C)O)[C@H](C)ON2Cc2cccc(-c3cccc(C(=O)N(C)CCCN(C)C)c3)c2)C[C@H]2C[C@@H]1C2(C)C. The zero-order chi connectivity index (χ0) is 32.6. The molecule has 3 aliphatic carbocycles. The van der Waals surface area contributed by atoms with Crippen molar-refractivity contribution in [3.63, 3.8) is 0 Å². The van der Waals surface area contributed by atoms with Gasteiger partial charge in [0.1, 0.15) is 6.04 Å². The van der Waals surface area contributed by atoms with E-state index in [4.69, 9.17) is 4.84 Å². The predicted molar refractivity (Wildman–Crippen MR) is 178 cm³/mol. The van der Waals surface area contributed by atoms with E-state index >= 15 is 0 Å². The molecule has 0 aromatic heterocycles. The number of aliphatic hydroxyl groups excluding tert-OH is 1. The van der Waals surface area contributed by atoms with E-state index in [-0.39, 0.29) is 29.9 Å². The van der Waals surface area contributed by atoms with Crippen molar-refractivity contribution < 1.29 is 19.5 Å². The molecular weight excluding hydrogens is 564 g/mol. The number of carbonyl (C=O) groups excluding carboxylic acids is 2. The molecule has 0 spiro atoms. The number of amides is 2. The van der Waals surface area contributed by atoms with Crippen LogP contribution in [0.2, 0.25) is 0 Å². The highest BCUT2D eigenvalue weighted by Crippen LogP contribution is 2.61. The van der Waals surface area contributed by atoms with Crippen LogP contribution in [0.25, 0.3) is 11.1 Å². The van der Waals surface area contributed by atoms with Crippen LogP contribution in [0.15, 0.2) is 48.5 Å². The van der Waals surface area contributed by atoms with Crippen LogP contribution in [-0.2, 0) is 16.2 Å². The van der Waals surface area contributed by atoms with Crippen LogP contribution in [0.1, 0.15) is 69.8 Å². The summed E-state index contributed by atoms with van der Waals surface area (Å²) in [4.78, 5) is 37.3. The second-order valence-corrected chi connectivity index (χ2v) is 14.9. The van der Waals surface area contributed by atoms with E-state index in [1.165, 1.54) is 6.42 Å². The van der Waals surface area contributed by atoms with E-state index in [2.05, 4.69) is 37.1 Å². The third-order valence-electron chi connectivity index (χ3n) is 11.2. The number of hydrogen-bond donors (Lipinski definition) is 2. The Hall–Kier alpha value is -2.78. The molecule has 4 fully saturated rings. The number of benzene rings is 2. The second kappa shape index (κ2) is 13.5. The van der Waals surface area contributed by atoms with E-state index in [9.17, 15) is 14.7 Å². The number of aliphatic hydroxyl groups is 1. The first-order chi connectivity index (χ1) is 21.3. The van der Waals surface area contributed by atoms with E-state index < -0.39 is 12.1 Å². The Balaban J connectivity index is 1.30. The minimum Gasteiger partial charge on any atom is -0.393 e. The fourth-order valence-electron chi connectivity index (χ4n) is 8.31. The minimum atomic E-state index is -0.690. The van der Waals surface area contributed by atoms with Crippen molar-refractivity contribution in [1.29, 1.82) is 0 Å². The molecule has 0 radical (unpaired) electrons. The lowest BCUT2D eigenvalue weighted by Crippen LogP contribution is -2.62. The fourth-order valence-corrected chi connectivity index (χ4v) is 8.31. The monoisotopic (exact) mass is 618 g/mol. The third kappa shape index (κ3) is 6.99. The van der Waals surface area contributed by atoms with Gasteiger partial charge in [0.05, 0.1) is 18.8 Å². The number of nitrogens with one attached hydrogen (secondary N) is 1. The Kier molecular flexibility index (Phi) is 10.1. The van der Waals surface area contributed by atoms with Crippen molar-refractivity contribution in [1.82, 2.24) is 20.2 Å². The Morgan fingerprint density at radius 1 is 1.04 bits per heavy atom. The van der Waals surface area contributed by atoms with Crippen LogP contribution >= 0.6 is 0 Å². The first kappa shape index (κ1) is 33.6. The number of hydrogen-bond acceptors (Lipinski definition) is 6. The molecule has 1 heterocycles. The summed E-state index contributed by atoms with van der Waals surface area (Å²) in [6.45, 7) is 12.7. The molecule has 2 N–H and O–H groups in total. The van der Waals surface area contributed by atoms with E-state index in [1.807, 2.05) is 70.5 Å². The summed E-state index contributed by atoms with van der Waals surface area (Å²) in [5.74, 6) is 1.31. The maximum Gasteiger partial charge on any atom is 0.253 e. The van der Waals surface area contributed by atoms with Crippen LogP contribution in [0, 0.1) is 29.1 Å². The molecule has 1 saturated heterocycles. The maximum atomic E-state index is 14.0. The van der Waals surface area contributed by atoms with Gasteiger partial charge in [-0.05, 0) is 112 Å². The van der Waals surface area contributed by atoms with Crippen molar-refractivity contribution >= 4 is 11.8 Å². The van der Waals surface area contributed by atoms with Crippen LogP contribution in [0.4, 0.5) is 0 Å². The molecule has 8 nitrogen and oxygen atoms in total. The number of rotatable bonds is 11. The fraction of sp³-hybridized carbons (Fsp3) is 0.622. The van der Waals surface area contributed by atoms with Gasteiger partial charge in [0.25, 0.3) is 5.91 Å². The van der Waals surface area contributed by atoms with Crippen LogP contribution in [0.3, 0.4) is 0 Å². The van der Waals surface area contributed by atoms with Crippen LogP contribution in [0.5, 0.6) is 0 Å². The predicted octanol–water partition coefficient (Wildman–Crippen LogP) is 5.07. The van der Waals surface area contributed by atoms with Crippen LogP contribution in [-0.4, -0.2) is 90.3 Å². The molecule has 45 heavy (non-hydrogen) atoms. The van der Waals surface area contributed by atoms with Gasteiger partial charge in [-0.1, -0.05) is 51.1 Å². The average Bonchev–Trinajstić information content (AvgIpc) is 3.32. The lowest BCUT2D eigenvalue weighted by molar-refractivity contribution is -0.174. The zero-order valence-corrected chi connectivity index (χ0v) is 28.5. The van der Waals surface area contributed by atoms with Crippen molar-refractivity contribution in [3.05, 3.63) is 59.7 Å². The molecule has 4 aliphatic rings.